The van der Waals surface area contributed by atoms with Gasteiger partial charge in [-0.1, -0.05) is 86.8 Å². The predicted molar refractivity (Wildman–Crippen MR) is 120 cm³/mol. The van der Waals surface area contributed by atoms with E-state index in [1.807, 2.05) is 0 Å². The predicted octanol–water partition coefficient (Wildman–Crippen LogP) is 6.86. The molecule has 0 amide bonds. The zero-order chi connectivity index (χ0) is 19.8. The van der Waals surface area contributed by atoms with Crippen molar-refractivity contribution in [2.24, 2.45) is 0 Å². The molecule has 0 aliphatic heterocycles. The van der Waals surface area contributed by atoms with Gasteiger partial charge < -0.3 is 9.84 Å². The first-order valence-corrected chi connectivity index (χ1v) is 10.5. The smallest absolute Gasteiger partial charge is 0.0840 e. The highest BCUT2D eigenvalue weighted by atomic mass is 16.5. The fourth-order valence-electron chi connectivity index (χ4n) is 2.25. The van der Waals surface area contributed by atoms with Crippen LogP contribution in [0.3, 0.4) is 0 Å². The molecule has 0 radical (unpaired) electrons. The molecule has 2 nitrogen and oxygen atoms in total. The van der Waals surface area contributed by atoms with Crippen molar-refractivity contribution < 1.29 is 9.84 Å². The van der Waals surface area contributed by atoms with Gasteiger partial charge in [0, 0.05) is 6.61 Å². The lowest BCUT2D eigenvalue weighted by Gasteiger charge is -2.12. The Kier molecular flexibility index (Phi) is 21.0. The molecular weight excluding hydrogens is 332 g/mol. The van der Waals surface area contributed by atoms with Crippen LogP contribution in [0.4, 0.5) is 0 Å². The number of hydrogen-bond acceptors (Lipinski definition) is 2. The van der Waals surface area contributed by atoms with E-state index >= 15 is 0 Å². The second-order valence-corrected chi connectivity index (χ2v) is 6.33. The topological polar surface area (TPSA) is 29.5 Å². The molecule has 0 rings (SSSR count). The van der Waals surface area contributed by atoms with Crippen LogP contribution in [0.15, 0.2) is 72.9 Å². The molecule has 27 heavy (non-hydrogen) atoms. The third-order valence-electron chi connectivity index (χ3n) is 3.76. The van der Waals surface area contributed by atoms with Crippen LogP contribution in [0.1, 0.15) is 65.2 Å². The molecule has 0 spiro atoms. The molecule has 152 valence electrons. The van der Waals surface area contributed by atoms with Crippen LogP contribution in [-0.4, -0.2) is 24.4 Å². The highest BCUT2D eigenvalue weighted by Crippen LogP contribution is 2.01. The number of rotatable bonds is 17. The normalized spacial score (nSPS) is 14.3. The van der Waals surface area contributed by atoms with Crippen LogP contribution < -0.4 is 0 Å². The Bertz CT molecular complexity index is 467. The molecule has 0 saturated heterocycles. The fraction of sp³-hybridized carbons (Fsp3) is 0.520. The Balaban J connectivity index is 3.63. The van der Waals surface area contributed by atoms with Crippen LogP contribution in [0.2, 0.25) is 0 Å². The molecule has 0 fully saturated rings. The molecular formula is C25H40O2. The Morgan fingerprint density at radius 2 is 1.04 bits per heavy atom. The van der Waals surface area contributed by atoms with Gasteiger partial charge in [-0.2, -0.15) is 0 Å². The van der Waals surface area contributed by atoms with Crippen LogP contribution >= 0.6 is 0 Å². The summed E-state index contributed by atoms with van der Waals surface area (Å²) in [5, 5.41) is 9.21. The lowest BCUT2D eigenvalue weighted by Crippen LogP contribution is -2.17. The van der Waals surface area contributed by atoms with E-state index in [1.54, 1.807) is 0 Å². The standard InChI is InChI=1S/C25H40O2/c1-3-5-6-7-8-9-10-11-12-13-14-15-16-17-18-19-20-21-22-25(24-26)27-23-4-2/h5-6,8-9,11-12,14-15,17-18,20-21,25-26H,3-4,7,10,13,16,19,22-24H2,1-2H3/b6-5-,9-8-,12-11-,15-14-,18-17-,21-20+. The maximum atomic E-state index is 9.21. The van der Waals surface area contributed by atoms with Gasteiger partial charge in [-0.15, -0.1) is 0 Å². The van der Waals surface area contributed by atoms with Crippen molar-refractivity contribution in [2.45, 2.75) is 71.3 Å². The van der Waals surface area contributed by atoms with E-state index in [4.69, 9.17) is 4.74 Å². The van der Waals surface area contributed by atoms with Gasteiger partial charge in [-0.25, -0.2) is 0 Å². The third kappa shape index (κ3) is 20.5. The summed E-state index contributed by atoms with van der Waals surface area (Å²) in [6.07, 6.45) is 34.1. The molecule has 0 bridgehead atoms. The van der Waals surface area contributed by atoms with E-state index in [0.717, 1.165) is 51.4 Å². The summed E-state index contributed by atoms with van der Waals surface area (Å²) in [5.41, 5.74) is 0. The minimum Gasteiger partial charge on any atom is -0.394 e. The van der Waals surface area contributed by atoms with Crippen molar-refractivity contribution in [2.75, 3.05) is 13.2 Å². The van der Waals surface area contributed by atoms with E-state index < -0.39 is 0 Å². The number of allylic oxidation sites excluding steroid dienone is 11. The summed E-state index contributed by atoms with van der Waals surface area (Å²) in [6, 6.07) is 0. The molecule has 0 heterocycles. The van der Waals surface area contributed by atoms with Crippen molar-refractivity contribution in [3.63, 3.8) is 0 Å². The second kappa shape index (κ2) is 22.4. The molecule has 0 aromatic rings. The van der Waals surface area contributed by atoms with E-state index in [0.29, 0.717) is 6.61 Å². The summed E-state index contributed by atoms with van der Waals surface area (Å²) < 4.78 is 5.53. The van der Waals surface area contributed by atoms with Crippen molar-refractivity contribution >= 4 is 0 Å². The van der Waals surface area contributed by atoms with Crippen LogP contribution in [0.5, 0.6) is 0 Å². The van der Waals surface area contributed by atoms with Crippen LogP contribution in [0, 0.1) is 0 Å². The Morgan fingerprint density at radius 3 is 1.41 bits per heavy atom. The molecule has 1 unspecified atom stereocenters. The highest BCUT2D eigenvalue weighted by molar-refractivity contribution is 5.01. The molecule has 0 aliphatic rings. The second-order valence-electron chi connectivity index (χ2n) is 6.33. The molecule has 2 heteroatoms. The van der Waals surface area contributed by atoms with Gasteiger partial charge in [0.15, 0.2) is 0 Å². The molecule has 0 aliphatic carbocycles. The Morgan fingerprint density at radius 1 is 0.630 bits per heavy atom. The van der Waals surface area contributed by atoms with Gasteiger partial charge in [0.1, 0.15) is 0 Å². The van der Waals surface area contributed by atoms with Crippen molar-refractivity contribution in [1.82, 2.24) is 0 Å². The summed E-state index contributed by atoms with van der Waals surface area (Å²) in [7, 11) is 0. The zero-order valence-electron chi connectivity index (χ0n) is 17.4. The van der Waals surface area contributed by atoms with Gasteiger partial charge in [0.05, 0.1) is 12.7 Å². The van der Waals surface area contributed by atoms with E-state index in [1.165, 1.54) is 0 Å². The lowest BCUT2D eigenvalue weighted by molar-refractivity contribution is 0.0155. The molecule has 1 N–H and O–H groups in total. The first-order chi connectivity index (χ1) is 13.3. The van der Waals surface area contributed by atoms with E-state index in [-0.39, 0.29) is 12.7 Å². The first-order valence-electron chi connectivity index (χ1n) is 10.5. The summed E-state index contributed by atoms with van der Waals surface area (Å²) in [4.78, 5) is 0. The number of hydrogen-bond donors (Lipinski definition) is 1. The van der Waals surface area contributed by atoms with Gasteiger partial charge in [0.2, 0.25) is 0 Å². The summed E-state index contributed by atoms with van der Waals surface area (Å²) in [6.45, 7) is 5.04. The third-order valence-corrected chi connectivity index (χ3v) is 3.76. The van der Waals surface area contributed by atoms with Gasteiger partial charge in [-0.05, 0) is 51.4 Å². The van der Waals surface area contributed by atoms with Crippen LogP contribution in [-0.2, 0) is 4.74 Å². The first kappa shape index (κ1) is 25.4. The zero-order valence-corrected chi connectivity index (χ0v) is 17.4. The maximum Gasteiger partial charge on any atom is 0.0840 e. The maximum absolute atomic E-state index is 9.21. The summed E-state index contributed by atoms with van der Waals surface area (Å²) in [5.74, 6) is 0. The Hall–Kier alpha value is -1.64. The van der Waals surface area contributed by atoms with Gasteiger partial charge in [0.25, 0.3) is 0 Å². The number of aliphatic hydroxyl groups excluding tert-OH is 1. The number of aliphatic hydroxyl groups is 1. The van der Waals surface area contributed by atoms with Crippen molar-refractivity contribution in [3.05, 3.63) is 72.9 Å². The minimum atomic E-state index is -0.0606. The van der Waals surface area contributed by atoms with E-state index in [2.05, 4.69) is 86.8 Å². The molecule has 0 aromatic carbocycles. The average Bonchev–Trinajstić information content (AvgIpc) is 2.69. The largest absolute Gasteiger partial charge is 0.394 e. The van der Waals surface area contributed by atoms with Crippen LogP contribution in [0.25, 0.3) is 0 Å². The van der Waals surface area contributed by atoms with Crippen molar-refractivity contribution in [1.29, 1.82) is 0 Å². The summed E-state index contributed by atoms with van der Waals surface area (Å²) >= 11 is 0. The fourth-order valence-corrected chi connectivity index (χ4v) is 2.25. The highest BCUT2D eigenvalue weighted by Gasteiger charge is 2.03. The average molecular weight is 373 g/mol. The number of ether oxygens (including phenoxy) is 1. The molecule has 0 aromatic heterocycles. The minimum absolute atomic E-state index is 0.0606. The SMILES string of the molecule is CC/C=C\C/C=C\C/C=C\C/C=C\C/C=C\C/C=C/CC(CO)OCCC. The molecule has 0 saturated carbocycles. The Labute approximate surface area is 167 Å². The monoisotopic (exact) mass is 372 g/mol. The quantitative estimate of drug-likeness (QED) is 0.283. The van der Waals surface area contributed by atoms with Gasteiger partial charge >= 0.3 is 0 Å². The van der Waals surface area contributed by atoms with Crippen molar-refractivity contribution in [3.8, 4) is 0 Å². The molecule has 1 atom stereocenters. The van der Waals surface area contributed by atoms with E-state index in [9.17, 15) is 5.11 Å². The van der Waals surface area contributed by atoms with Gasteiger partial charge in [-0.3, -0.25) is 0 Å². The lowest BCUT2D eigenvalue weighted by atomic mass is 10.2.